The van der Waals surface area contributed by atoms with Gasteiger partial charge in [-0.25, -0.2) is 9.37 Å². The van der Waals surface area contributed by atoms with Gasteiger partial charge in [0, 0.05) is 18.3 Å². The lowest BCUT2D eigenvalue weighted by Crippen LogP contribution is -2.38. The quantitative estimate of drug-likeness (QED) is 0.491. The summed E-state index contributed by atoms with van der Waals surface area (Å²) in [7, 11) is 3.07. The van der Waals surface area contributed by atoms with Crippen LogP contribution in [0, 0.1) is 12.7 Å². The Morgan fingerprint density at radius 3 is 2.61 bits per heavy atom. The number of carbonyl (C=O) groups is 1. The van der Waals surface area contributed by atoms with Crippen molar-refractivity contribution in [3.8, 4) is 17.2 Å². The summed E-state index contributed by atoms with van der Waals surface area (Å²) in [5, 5.41) is 0. The van der Waals surface area contributed by atoms with E-state index < -0.39 is 5.82 Å². The van der Waals surface area contributed by atoms with E-state index in [4.69, 9.17) is 9.47 Å². The smallest absolute Gasteiger partial charge is 0.250 e. The van der Waals surface area contributed by atoms with Gasteiger partial charge in [-0.15, -0.1) is 0 Å². The van der Waals surface area contributed by atoms with E-state index in [1.165, 1.54) is 13.2 Å². The highest BCUT2D eigenvalue weighted by Gasteiger charge is 2.28. The van der Waals surface area contributed by atoms with Crippen molar-refractivity contribution in [2.75, 3.05) is 20.8 Å². The number of piperidine rings is 1. The second-order valence-electron chi connectivity index (χ2n) is 8.20. The molecule has 7 heteroatoms. The molecule has 1 atom stereocenters. The SMILES string of the molecule is COc1cc([C@H](C)N2CCC/C(=C/c3ccc(-n4cnc(C)c4)c(OC)c3)C2=O)ccc1F. The van der Waals surface area contributed by atoms with Crippen LogP contribution in [-0.2, 0) is 4.79 Å². The standard InChI is InChI=1S/C26H28FN3O3/c1-17-15-29(16-28-17)23-10-7-19(13-25(23)33-4)12-21-6-5-11-30(26(21)31)18(2)20-8-9-22(27)24(14-20)32-3/h7-10,12-16,18H,5-6,11H2,1-4H3/b21-12-/t18-/m0/s1. The first kappa shape index (κ1) is 22.6. The van der Waals surface area contributed by atoms with Crippen molar-refractivity contribution in [3.05, 3.63) is 77.1 Å². The molecule has 1 fully saturated rings. The van der Waals surface area contributed by atoms with Crippen LogP contribution in [0.2, 0.25) is 0 Å². The zero-order chi connectivity index (χ0) is 23.5. The van der Waals surface area contributed by atoms with E-state index in [0.29, 0.717) is 18.7 Å². The molecule has 1 amide bonds. The van der Waals surface area contributed by atoms with Gasteiger partial charge in [0.15, 0.2) is 11.6 Å². The molecule has 1 aliphatic heterocycles. The Labute approximate surface area is 193 Å². The van der Waals surface area contributed by atoms with Crippen molar-refractivity contribution < 1.29 is 18.7 Å². The van der Waals surface area contributed by atoms with E-state index in [1.807, 2.05) is 53.8 Å². The lowest BCUT2D eigenvalue weighted by atomic mass is 9.97. The molecule has 2 heterocycles. The number of hydrogen-bond donors (Lipinski definition) is 0. The predicted octanol–water partition coefficient (Wildman–Crippen LogP) is 5.10. The summed E-state index contributed by atoms with van der Waals surface area (Å²) in [6.45, 7) is 4.54. The van der Waals surface area contributed by atoms with Crippen molar-refractivity contribution in [3.63, 3.8) is 0 Å². The first-order valence-electron chi connectivity index (χ1n) is 10.9. The van der Waals surface area contributed by atoms with Crippen molar-refractivity contribution in [2.24, 2.45) is 0 Å². The van der Waals surface area contributed by atoms with Gasteiger partial charge in [-0.2, -0.15) is 0 Å². The number of likely N-dealkylation sites (tertiary alicyclic amines) is 1. The maximum atomic E-state index is 13.8. The molecular weight excluding hydrogens is 421 g/mol. The van der Waals surface area contributed by atoms with Gasteiger partial charge >= 0.3 is 0 Å². The third kappa shape index (κ3) is 4.62. The largest absolute Gasteiger partial charge is 0.495 e. The van der Waals surface area contributed by atoms with Crippen LogP contribution in [0.15, 0.2) is 54.5 Å². The number of halogens is 1. The molecule has 33 heavy (non-hydrogen) atoms. The van der Waals surface area contributed by atoms with Gasteiger partial charge in [-0.3, -0.25) is 4.79 Å². The summed E-state index contributed by atoms with van der Waals surface area (Å²) >= 11 is 0. The summed E-state index contributed by atoms with van der Waals surface area (Å²) in [5.41, 5.74) is 4.29. The van der Waals surface area contributed by atoms with Gasteiger partial charge in [-0.1, -0.05) is 12.1 Å². The molecule has 172 valence electrons. The predicted molar refractivity (Wildman–Crippen MR) is 125 cm³/mol. The molecule has 2 aromatic carbocycles. The number of ether oxygens (including phenoxy) is 2. The van der Waals surface area contributed by atoms with Crippen LogP contribution in [0.5, 0.6) is 11.5 Å². The Balaban J connectivity index is 1.59. The first-order valence-corrected chi connectivity index (χ1v) is 10.9. The molecule has 0 bridgehead atoms. The summed E-state index contributed by atoms with van der Waals surface area (Å²) in [6, 6.07) is 10.4. The maximum Gasteiger partial charge on any atom is 0.250 e. The van der Waals surface area contributed by atoms with E-state index in [1.54, 1.807) is 25.6 Å². The number of nitrogens with zero attached hydrogens (tertiary/aromatic N) is 3. The molecule has 1 aliphatic rings. The molecule has 1 aromatic heterocycles. The summed E-state index contributed by atoms with van der Waals surface area (Å²) in [4.78, 5) is 19.4. The minimum Gasteiger partial charge on any atom is -0.495 e. The molecule has 0 aliphatic carbocycles. The molecule has 0 saturated carbocycles. The van der Waals surface area contributed by atoms with Crippen LogP contribution >= 0.6 is 0 Å². The maximum absolute atomic E-state index is 13.8. The van der Waals surface area contributed by atoms with Crippen molar-refractivity contribution in [1.82, 2.24) is 14.5 Å². The number of aromatic nitrogens is 2. The fraction of sp³-hybridized carbons (Fsp3) is 0.308. The molecule has 3 aromatic rings. The lowest BCUT2D eigenvalue weighted by Gasteiger charge is -2.34. The molecule has 0 N–H and O–H groups in total. The Hall–Kier alpha value is -3.61. The molecular formula is C26H28FN3O3. The molecule has 6 nitrogen and oxygen atoms in total. The lowest BCUT2D eigenvalue weighted by molar-refractivity contribution is -0.130. The first-order chi connectivity index (χ1) is 15.9. The third-order valence-electron chi connectivity index (χ3n) is 6.04. The minimum atomic E-state index is -0.415. The minimum absolute atomic E-state index is 0.00896. The van der Waals surface area contributed by atoms with Gasteiger partial charge in [0.25, 0.3) is 0 Å². The van der Waals surface area contributed by atoms with E-state index in [-0.39, 0.29) is 17.7 Å². The number of amides is 1. The summed E-state index contributed by atoms with van der Waals surface area (Å²) < 4.78 is 26.4. The number of imidazole rings is 1. The Morgan fingerprint density at radius 1 is 1.12 bits per heavy atom. The van der Waals surface area contributed by atoms with Crippen LogP contribution in [-0.4, -0.2) is 41.1 Å². The number of carbonyl (C=O) groups excluding carboxylic acids is 1. The fourth-order valence-electron chi connectivity index (χ4n) is 4.20. The molecule has 1 saturated heterocycles. The zero-order valence-electron chi connectivity index (χ0n) is 19.3. The topological polar surface area (TPSA) is 56.6 Å². The van der Waals surface area contributed by atoms with E-state index in [2.05, 4.69) is 4.98 Å². The zero-order valence-corrected chi connectivity index (χ0v) is 19.3. The average Bonchev–Trinajstić information content (AvgIpc) is 3.26. The van der Waals surface area contributed by atoms with Gasteiger partial charge in [0.05, 0.1) is 38.0 Å². The molecule has 0 radical (unpaired) electrons. The van der Waals surface area contributed by atoms with Crippen LogP contribution in [0.3, 0.4) is 0 Å². The summed E-state index contributed by atoms with van der Waals surface area (Å²) in [6.07, 6.45) is 7.19. The van der Waals surface area contributed by atoms with Crippen LogP contribution < -0.4 is 9.47 Å². The second kappa shape index (κ2) is 9.48. The summed E-state index contributed by atoms with van der Waals surface area (Å²) in [5.74, 6) is 0.459. The van der Waals surface area contributed by atoms with Gasteiger partial charge in [-0.05, 0) is 68.2 Å². The van der Waals surface area contributed by atoms with Gasteiger partial charge in [0.1, 0.15) is 5.75 Å². The highest BCUT2D eigenvalue weighted by molar-refractivity contribution is 5.98. The molecule has 0 spiro atoms. The molecule has 4 rings (SSSR count). The fourth-order valence-corrected chi connectivity index (χ4v) is 4.20. The number of rotatable bonds is 6. The van der Waals surface area contributed by atoms with Crippen LogP contribution in [0.1, 0.15) is 42.6 Å². The average molecular weight is 450 g/mol. The van der Waals surface area contributed by atoms with Gasteiger partial charge < -0.3 is 18.9 Å². The van der Waals surface area contributed by atoms with Crippen LogP contribution in [0.25, 0.3) is 11.8 Å². The third-order valence-corrected chi connectivity index (χ3v) is 6.04. The van der Waals surface area contributed by atoms with Crippen molar-refractivity contribution >= 4 is 12.0 Å². The van der Waals surface area contributed by atoms with Gasteiger partial charge in [0.2, 0.25) is 5.91 Å². The Kier molecular flexibility index (Phi) is 6.49. The van der Waals surface area contributed by atoms with Crippen molar-refractivity contribution in [2.45, 2.75) is 32.7 Å². The van der Waals surface area contributed by atoms with E-state index >= 15 is 0 Å². The Morgan fingerprint density at radius 2 is 1.91 bits per heavy atom. The monoisotopic (exact) mass is 449 g/mol. The van der Waals surface area contributed by atoms with E-state index in [0.717, 1.165) is 34.5 Å². The van der Waals surface area contributed by atoms with Crippen LogP contribution in [0.4, 0.5) is 4.39 Å². The number of aryl methyl sites for hydroxylation is 1. The number of methoxy groups -OCH3 is 2. The van der Waals surface area contributed by atoms with E-state index in [9.17, 15) is 9.18 Å². The number of benzene rings is 2. The Bertz CT molecular complexity index is 1200. The normalized spacial score (nSPS) is 16.2. The second-order valence-corrected chi connectivity index (χ2v) is 8.20. The molecule has 0 unspecified atom stereocenters. The van der Waals surface area contributed by atoms with Crippen molar-refractivity contribution in [1.29, 1.82) is 0 Å². The highest BCUT2D eigenvalue weighted by Crippen LogP contribution is 2.32. The highest BCUT2D eigenvalue weighted by atomic mass is 19.1. The number of hydrogen-bond acceptors (Lipinski definition) is 4.